The van der Waals surface area contributed by atoms with Crippen LogP contribution in [0.3, 0.4) is 0 Å². The average Bonchev–Trinajstić information content (AvgIpc) is 2.86. The molecule has 0 aliphatic carbocycles. The zero-order valence-electron chi connectivity index (χ0n) is 10.3. The molecule has 1 unspecified atom stereocenters. The molecule has 2 aliphatic rings. The lowest BCUT2D eigenvalue weighted by atomic mass is 10.2. The quantitative estimate of drug-likeness (QED) is 0.735. The first kappa shape index (κ1) is 12.8. The van der Waals surface area contributed by atoms with Crippen molar-refractivity contribution in [1.82, 2.24) is 9.80 Å². The fourth-order valence-electron chi connectivity index (χ4n) is 2.60. The van der Waals surface area contributed by atoms with Crippen molar-refractivity contribution in [3.05, 3.63) is 0 Å². The van der Waals surface area contributed by atoms with Gasteiger partial charge < -0.3 is 14.7 Å². The van der Waals surface area contributed by atoms with Crippen LogP contribution < -0.4 is 0 Å². The highest BCUT2D eigenvalue weighted by molar-refractivity contribution is 5.76. The van der Waals surface area contributed by atoms with Crippen molar-refractivity contribution in [1.29, 1.82) is 0 Å². The minimum absolute atomic E-state index is 0.104. The molecule has 0 radical (unpaired) electrons. The molecule has 5 nitrogen and oxygen atoms in total. The van der Waals surface area contributed by atoms with Crippen LogP contribution in [0.5, 0.6) is 0 Å². The van der Waals surface area contributed by atoms with Crippen molar-refractivity contribution in [2.45, 2.75) is 25.3 Å². The van der Waals surface area contributed by atoms with Gasteiger partial charge in [-0.05, 0) is 12.8 Å². The van der Waals surface area contributed by atoms with Crippen LogP contribution in [0.1, 0.15) is 19.3 Å². The van der Waals surface area contributed by atoms with Crippen LogP contribution >= 0.6 is 0 Å². The van der Waals surface area contributed by atoms with E-state index < -0.39 is 0 Å². The van der Waals surface area contributed by atoms with Crippen LogP contribution in [0, 0.1) is 0 Å². The SMILES string of the molecule is O=C(CCCO)N1CCC(N2CCOCC2)C1. The van der Waals surface area contributed by atoms with Crippen molar-refractivity contribution >= 4 is 5.91 Å². The number of amides is 1. The molecule has 0 bridgehead atoms. The maximum Gasteiger partial charge on any atom is 0.222 e. The molecule has 98 valence electrons. The Morgan fingerprint density at radius 3 is 2.76 bits per heavy atom. The van der Waals surface area contributed by atoms with Gasteiger partial charge in [0.05, 0.1) is 13.2 Å². The molecule has 17 heavy (non-hydrogen) atoms. The number of nitrogens with zero attached hydrogens (tertiary/aromatic N) is 2. The molecule has 0 spiro atoms. The highest BCUT2D eigenvalue weighted by atomic mass is 16.5. The Morgan fingerprint density at radius 2 is 2.06 bits per heavy atom. The summed E-state index contributed by atoms with van der Waals surface area (Å²) in [7, 11) is 0. The van der Waals surface area contributed by atoms with Gasteiger partial charge in [0.15, 0.2) is 0 Å². The van der Waals surface area contributed by atoms with Crippen molar-refractivity contribution in [2.75, 3.05) is 46.0 Å². The van der Waals surface area contributed by atoms with Crippen molar-refractivity contribution in [3.8, 4) is 0 Å². The maximum absolute atomic E-state index is 11.8. The Bertz CT molecular complexity index is 254. The number of aliphatic hydroxyl groups is 1. The molecule has 1 atom stereocenters. The summed E-state index contributed by atoms with van der Waals surface area (Å²) in [6.07, 6.45) is 2.13. The second-order valence-corrected chi connectivity index (χ2v) is 4.76. The molecule has 0 aromatic carbocycles. The molecule has 1 N–H and O–H groups in total. The highest BCUT2D eigenvalue weighted by Gasteiger charge is 2.30. The Kier molecular flexibility index (Phi) is 4.76. The monoisotopic (exact) mass is 242 g/mol. The van der Waals surface area contributed by atoms with E-state index in [0.29, 0.717) is 18.9 Å². The molecule has 2 heterocycles. The van der Waals surface area contributed by atoms with E-state index in [2.05, 4.69) is 4.90 Å². The van der Waals surface area contributed by atoms with Crippen LogP contribution in [0.15, 0.2) is 0 Å². The molecule has 2 aliphatic heterocycles. The van der Waals surface area contributed by atoms with Gasteiger partial charge in [0.2, 0.25) is 5.91 Å². The van der Waals surface area contributed by atoms with Crippen LogP contribution in [0.4, 0.5) is 0 Å². The fraction of sp³-hybridized carbons (Fsp3) is 0.917. The van der Waals surface area contributed by atoms with E-state index in [0.717, 1.165) is 45.8 Å². The largest absolute Gasteiger partial charge is 0.396 e. The number of carbonyl (C=O) groups excluding carboxylic acids is 1. The van der Waals surface area contributed by atoms with Crippen LogP contribution in [0.2, 0.25) is 0 Å². The summed E-state index contributed by atoms with van der Waals surface area (Å²) in [5.74, 6) is 0.190. The van der Waals surface area contributed by atoms with Gasteiger partial charge in [0.25, 0.3) is 0 Å². The van der Waals surface area contributed by atoms with Crippen LogP contribution in [-0.4, -0.2) is 72.9 Å². The molecular formula is C12H22N2O3. The second-order valence-electron chi connectivity index (χ2n) is 4.76. The third-order valence-corrected chi connectivity index (χ3v) is 3.63. The van der Waals surface area contributed by atoms with Crippen molar-refractivity contribution in [2.24, 2.45) is 0 Å². The lowest BCUT2D eigenvalue weighted by Crippen LogP contribution is -2.45. The number of hydrogen-bond acceptors (Lipinski definition) is 4. The highest BCUT2D eigenvalue weighted by Crippen LogP contribution is 2.17. The minimum Gasteiger partial charge on any atom is -0.396 e. The Hall–Kier alpha value is -0.650. The summed E-state index contributed by atoms with van der Waals surface area (Å²) < 4.78 is 5.34. The zero-order chi connectivity index (χ0) is 12.1. The van der Waals surface area contributed by atoms with Gasteiger partial charge in [-0.1, -0.05) is 0 Å². The topological polar surface area (TPSA) is 53.0 Å². The lowest BCUT2D eigenvalue weighted by Gasteiger charge is -2.32. The smallest absolute Gasteiger partial charge is 0.222 e. The number of hydrogen-bond donors (Lipinski definition) is 1. The average molecular weight is 242 g/mol. The fourth-order valence-corrected chi connectivity index (χ4v) is 2.60. The third-order valence-electron chi connectivity index (χ3n) is 3.63. The molecule has 5 heteroatoms. The number of aliphatic hydroxyl groups excluding tert-OH is 1. The minimum atomic E-state index is 0.104. The maximum atomic E-state index is 11.8. The molecule has 2 rings (SSSR count). The van der Waals surface area contributed by atoms with E-state index >= 15 is 0 Å². The summed E-state index contributed by atoms with van der Waals surface area (Å²) in [5.41, 5.74) is 0. The summed E-state index contributed by atoms with van der Waals surface area (Å²) in [6, 6.07) is 0.511. The summed E-state index contributed by atoms with van der Waals surface area (Å²) in [4.78, 5) is 16.2. The van der Waals surface area contributed by atoms with Gasteiger partial charge in [0, 0.05) is 45.2 Å². The number of likely N-dealkylation sites (tertiary alicyclic amines) is 1. The van der Waals surface area contributed by atoms with Gasteiger partial charge in [0.1, 0.15) is 0 Å². The van der Waals surface area contributed by atoms with E-state index in [1.54, 1.807) is 0 Å². The van der Waals surface area contributed by atoms with Crippen molar-refractivity contribution in [3.63, 3.8) is 0 Å². The molecule has 0 saturated carbocycles. The van der Waals surface area contributed by atoms with E-state index in [9.17, 15) is 4.79 Å². The summed E-state index contributed by atoms with van der Waals surface area (Å²) in [6.45, 7) is 5.43. The first-order chi connectivity index (χ1) is 8.31. The number of rotatable bonds is 4. The lowest BCUT2D eigenvalue weighted by molar-refractivity contribution is -0.130. The van der Waals surface area contributed by atoms with E-state index in [1.807, 2.05) is 4.90 Å². The molecule has 2 fully saturated rings. The molecule has 1 amide bonds. The number of ether oxygens (including phenoxy) is 1. The normalized spacial score (nSPS) is 26.4. The number of carbonyl (C=O) groups is 1. The summed E-state index contributed by atoms with van der Waals surface area (Å²) >= 11 is 0. The van der Waals surface area contributed by atoms with E-state index in [1.165, 1.54) is 0 Å². The third kappa shape index (κ3) is 3.40. The first-order valence-corrected chi connectivity index (χ1v) is 6.51. The van der Waals surface area contributed by atoms with Crippen molar-refractivity contribution < 1.29 is 14.6 Å². The first-order valence-electron chi connectivity index (χ1n) is 6.51. The Labute approximate surface area is 102 Å². The molecule has 2 saturated heterocycles. The Balaban J connectivity index is 1.76. The molecule has 0 aromatic heterocycles. The van der Waals surface area contributed by atoms with Gasteiger partial charge in [-0.3, -0.25) is 9.69 Å². The van der Waals surface area contributed by atoms with E-state index in [-0.39, 0.29) is 12.5 Å². The van der Waals surface area contributed by atoms with E-state index in [4.69, 9.17) is 9.84 Å². The second kappa shape index (κ2) is 6.33. The summed E-state index contributed by atoms with van der Waals surface area (Å²) in [5, 5.41) is 8.72. The van der Waals surface area contributed by atoms with Gasteiger partial charge in [-0.15, -0.1) is 0 Å². The van der Waals surface area contributed by atoms with Crippen LogP contribution in [0.25, 0.3) is 0 Å². The van der Waals surface area contributed by atoms with Crippen LogP contribution in [-0.2, 0) is 9.53 Å². The Morgan fingerprint density at radius 1 is 1.29 bits per heavy atom. The predicted molar refractivity (Wildman–Crippen MR) is 63.7 cm³/mol. The zero-order valence-corrected chi connectivity index (χ0v) is 10.3. The number of morpholine rings is 1. The van der Waals surface area contributed by atoms with Gasteiger partial charge in [-0.2, -0.15) is 0 Å². The predicted octanol–water partition coefficient (Wildman–Crippen LogP) is -0.308. The van der Waals surface area contributed by atoms with Gasteiger partial charge in [-0.25, -0.2) is 0 Å². The standard InChI is InChI=1S/C12H22N2O3/c15-7-1-2-12(16)14-4-3-11(10-14)13-5-8-17-9-6-13/h11,15H,1-10H2. The molecule has 0 aromatic rings. The molecular weight excluding hydrogens is 220 g/mol. The van der Waals surface area contributed by atoms with Gasteiger partial charge >= 0.3 is 0 Å².